The Morgan fingerprint density at radius 3 is 2.85 bits per heavy atom. The Hall–Kier alpha value is -1.56. The zero-order valence-corrected chi connectivity index (χ0v) is 12.4. The first-order valence-electron chi connectivity index (χ1n) is 7.04. The SMILES string of the molecule is Cc1nn(C)c(C)c1OCC(=O)N1CCCC(CO)C1. The van der Waals surface area contributed by atoms with E-state index in [0.29, 0.717) is 12.3 Å². The molecule has 2 rings (SSSR count). The van der Waals surface area contributed by atoms with Crippen molar-refractivity contribution in [2.75, 3.05) is 26.3 Å². The van der Waals surface area contributed by atoms with Crippen LogP contribution in [0.25, 0.3) is 0 Å². The minimum Gasteiger partial charge on any atom is -0.480 e. The van der Waals surface area contributed by atoms with E-state index in [-0.39, 0.29) is 25.0 Å². The number of aromatic nitrogens is 2. The van der Waals surface area contributed by atoms with Crippen LogP contribution in [0.4, 0.5) is 0 Å². The molecule has 0 bridgehead atoms. The molecule has 20 heavy (non-hydrogen) atoms. The zero-order chi connectivity index (χ0) is 14.7. The molecule has 1 unspecified atom stereocenters. The Bertz CT molecular complexity index is 484. The highest BCUT2D eigenvalue weighted by molar-refractivity contribution is 5.78. The van der Waals surface area contributed by atoms with E-state index in [9.17, 15) is 9.90 Å². The molecule has 1 aromatic rings. The predicted molar refractivity (Wildman–Crippen MR) is 74.6 cm³/mol. The standard InChI is InChI=1S/C14H23N3O3/c1-10-14(11(2)16(3)15-10)20-9-13(19)17-6-4-5-12(7-17)8-18/h12,18H,4-9H2,1-3H3. The van der Waals surface area contributed by atoms with Crippen molar-refractivity contribution in [3.05, 3.63) is 11.4 Å². The number of nitrogens with zero attached hydrogens (tertiary/aromatic N) is 3. The molecule has 1 aromatic heterocycles. The second-order valence-electron chi connectivity index (χ2n) is 5.44. The van der Waals surface area contributed by atoms with Crippen molar-refractivity contribution in [1.29, 1.82) is 0 Å². The summed E-state index contributed by atoms with van der Waals surface area (Å²) in [5, 5.41) is 13.5. The number of amides is 1. The van der Waals surface area contributed by atoms with Crippen molar-refractivity contribution < 1.29 is 14.6 Å². The molecular formula is C14H23N3O3. The van der Waals surface area contributed by atoms with Gasteiger partial charge in [-0.05, 0) is 32.6 Å². The van der Waals surface area contributed by atoms with Gasteiger partial charge in [-0.3, -0.25) is 9.48 Å². The van der Waals surface area contributed by atoms with E-state index in [2.05, 4.69) is 5.10 Å². The predicted octanol–water partition coefficient (Wildman–Crippen LogP) is 0.647. The number of hydrogen-bond acceptors (Lipinski definition) is 4. The van der Waals surface area contributed by atoms with Crippen LogP contribution in [-0.4, -0.2) is 52.0 Å². The summed E-state index contributed by atoms with van der Waals surface area (Å²) in [5.74, 6) is 0.872. The van der Waals surface area contributed by atoms with Gasteiger partial charge in [0.2, 0.25) is 0 Å². The van der Waals surface area contributed by atoms with Crippen LogP contribution in [0.15, 0.2) is 0 Å². The van der Waals surface area contributed by atoms with Crippen molar-refractivity contribution in [2.45, 2.75) is 26.7 Å². The Kier molecular flexibility index (Phi) is 4.65. The number of carbonyl (C=O) groups excluding carboxylic acids is 1. The van der Waals surface area contributed by atoms with Crippen LogP contribution >= 0.6 is 0 Å². The van der Waals surface area contributed by atoms with E-state index in [4.69, 9.17) is 4.74 Å². The third kappa shape index (κ3) is 3.12. The molecule has 0 aromatic carbocycles. The minimum absolute atomic E-state index is 0.0224. The molecule has 1 amide bonds. The summed E-state index contributed by atoms with van der Waals surface area (Å²) in [6.07, 6.45) is 1.93. The lowest BCUT2D eigenvalue weighted by molar-refractivity contribution is -0.135. The molecule has 0 spiro atoms. The highest BCUT2D eigenvalue weighted by Crippen LogP contribution is 2.22. The third-order valence-electron chi connectivity index (χ3n) is 3.91. The number of piperidine rings is 1. The van der Waals surface area contributed by atoms with Gasteiger partial charge in [0, 0.05) is 26.7 Å². The molecule has 2 heterocycles. The summed E-state index contributed by atoms with van der Waals surface area (Å²) in [6.45, 7) is 5.35. The van der Waals surface area contributed by atoms with Gasteiger partial charge in [0.1, 0.15) is 5.69 Å². The van der Waals surface area contributed by atoms with Gasteiger partial charge < -0.3 is 14.7 Å². The molecule has 1 aliphatic rings. The normalized spacial score (nSPS) is 19.2. The summed E-state index contributed by atoms with van der Waals surface area (Å²) < 4.78 is 7.38. The number of aliphatic hydroxyl groups excluding tert-OH is 1. The van der Waals surface area contributed by atoms with Gasteiger partial charge in [-0.25, -0.2) is 0 Å². The van der Waals surface area contributed by atoms with Gasteiger partial charge in [-0.15, -0.1) is 0 Å². The summed E-state index contributed by atoms with van der Waals surface area (Å²) >= 11 is 0. The summed E-state index contributed by atoms with van der Waals surface area (Å²) in [7, 11) is 1.85. The van der Waals surface area contributed by atoms with Crippen molar-refractivity contribution >= 4 is 5.91 Å². The summed E-state index contributed by atoms with van der Waals surface area (Å²) in [5.41, 5.74) is 1.71. The van der Waals surface area contributed by atoms with Crippen molar-refractivity contribution in [2.24, 2.45) is 13.0 Å². The first-order valence-corrected chi connectivity index (χ1v) is 7.04. The number of aliphatic hydroxyl groups is 1. The monoisotopic (exact) mass is 281 g/mol. The van der Waals surface area contributed by atoms with Crippen LogP contribution in [0, 0.1) is 19.8 Å². The molecule has 6 nitrogen and oxygen atoms in total. The Balaban J connectivity index is 1.91. The highest BCUT2D eigenvalue weighted by atomic mass is 16.5. The number of likely N-dealkylation sites (tertiary alicyclic amines) is 1. The van der Waals surface area contributed by atoms with Gasteiger partial charge in [-0.1, -0.05) is 0 Å². The number of carbonyl (C=O) groups is 1. The minimum atomic E-state index is -0.0224. The Morgan fingerprint density at radius 1 is 1.50 bits per heavy atom. The molecule has 0 aliphatic carbocycles. The third-order valence-corrected chi connectivity index (χ3v) is 3.91. The fourth-order valence-corrected chi connectivity index (χ4v) is 2.63. The van der Waals surface area contributed by atoms with E-state index < -0.39 is 0 Å². The number of aryl methyl sites for hydroxylation is 2. The maximum atomic E-state index is 12.2. The second-order valence-corrected chi connectivity index (χ2v) is 5.44. The molecular weight excluding hydrogens is 258 g/mol. The van der Waals surface area contributed by atoms with E-state index >= 15 is 0 Å². The number of hydrogen-bond donors (Lipinski definition) is 1. The molecule has 1 fully saturated rings. The van der Waals surface area contributed by atoms with Crippen LogP contribution in [0.1, 0.15) is 24.2 Å². The van der Waals surface area contributed by atoms with Crippen molar-refractivity contribution in [3.63, 3.8) is 0 Å². The van der Waals surface area contributed by atoms with E-state index in [1.54, 1.807) is 9.58 Å². The summed E-state index contributed by atoms with van der Waals surface area (Å²) in [6, 6.07) is 0. The second kappa shape index (κ2) is 6.26. The summed E-state index contributed by atoms with van der Waals surface area (Å²) in [4.78, 5) is 13.9. The number of rotatable bonds is 4. The van der Waals surface area contributed by atoms with Crippen LogP contribution in [-0.2, 0) is 11.8 Å². The van der Waals surface area contributed by atoms with E-state index in [1.807, 2.05) is 20.9 Å². The lowest BCUT2D eigenvalue weighted by atomic mass is 9.99. The number of ether oxygens (including phenoxy) is 1. The van der Waals surface area contributed by atoms with Crippen LogP contribution in [0.5, 0.6) is 5.75 Å². The fourth-order valence-electron chi connectivity index (χ4n) is 2.63. The fraction of sp³-hybridized carbons (Fsp3) is 0.714. The first-order chi connectivity index (χ1) is 9.52. The Labute approximate surface area is 119 Å². The van der Waals surface area contributed by atoms with Crippen molar-refractivity contribution in [3.8, 4) is 5.75 Å². The van der Waals surface area contributed by atoms with Gasteiger partial charge >= 0.3 is 0 Å². The molecule has 0 saturated carbocycles. The molecule has 1 atom stereocenters. The quantitative estimate of drug-likeness (QED) is 0.880. The molecule has 0 radical (unpaired) electrons. The van der Waals surface area contributed by atoms with Gasteiger partial charge in [-0.2, -0.15) is 5.10 Å². The van der Waals surface area contributed by atoms with Crippen LogP contribution in [0.2, 0.25) is 0 Å². The lowest BCUT2D eigenvalue weighted by Gasteiger charge is -2.31. The molecule has 6 heteroatoms. The Morgan fingerprint density at radius 2 is 2.25 bits per heavy atom. The molecule has 1 saturated heterocycles. The topological polar surface area (TPSA) is 67.6 Å². The lowest BCUT2D eigenvalue weighted by Crippen LogP contribution is -2.43. The van der Waals surface area contributed by atoms with Gasteiger partial charge in [0.25, 0.3) is 5.91 Å². The van der Waals surface area contributed by atoms with Gasteiger partial charge in [0.05, 0.1) is 5.69 Å². The molecule has 112 valence electrons. The maximum absolute atomic E-state index is 12.2. The van der Waals surface area contributed by atoms with Crippen LogP contribution < -0.4 is 4.74 Å². The zero-order valence-electron chi connectivity index (χ0n) is 12.4. The first kappa shape index (κ1) is 14.8. The van der Waals surface area contributed by atoms with Crippen molar-refractivity contribution in [1.82, 2.24) is 14.7 Å². The van der Waals surface area contributed by atoms with E-state index in [1.165, 1.54) is 0 Å². The highest BCUT2D eigenvalue weighted by Gasteiger charge is 2.24. The average molecular weight is 281 g/mol. The molecule has 1 aliphatic heterocycles. The van der Waals surface area contributed by atoms with Gasteiger partial charge in [0.15, 0.2) is 12.4 Å². The maximum Gasteiger partial charge on any atom is 0.260 e. The largest absolute Gasteiger partial charge is 0.480 e. The molecule has 1 N–H and O–H groups in total. The van der Waals surface area contributed by atoms with Crippen LogP contribution in [0.3, 0.4) is 0 Å². The average Bonchev–Trinajstić information content (AvgIpc) is 2.70. The smallest absolute Gasteiger partial charge is 0.260 e. The van der Waals surface area contributed by atoms with E-state index in [0.717, 1.165) is 30.8 Å².